The third-order valence-electron chi connectivity index (χ3n) is 4.33. The molecule has 0 bridgehead atoms. The Morgan fingerprint density at radius 3 is 2.60 bits per heavy atom. The highest BCUT2D eigenvalue weighted by atomic mass is 19.1. The van der Waals surface area contributed by atoms with Gasteiger partial charge in [-0.15, -0.1) is 0 Å². The van der Waals surface area contributed by atoms with Crippen molar-refractivity contribution in [2.45, 2.75) is 25.8 Å². The van der Waals surface area contributed by atoms with Crippen LogP contribution in [0.15, 0.2) is 42.5 Å². The summed E-state index contributed by atoms with van der Waals surface area (Å²) in [6.07, 6.45) is 1.23. The summed E-state index contributed by atoms with van der Waals surface area (Å²) >= 11 is 0. The molecule has 130 valence electrons. The first-order chi connectivity index (χ1) is 12.0. The van der Waals surface area contributed by atoms with Crippen molar-refractivity contribution in [3.8, 4) is 0 Å². The van der Waals surface area contributed by atoms with Gasteiger partial charge in [0.15, 0.2) is 0 Å². The van der Waals surface area contributed by atoms with E-state index in [1.165, 1.54) is 47.4 Å². The van der Waals surface area contributed by atoms with E-state index < -0.39 is 11.9 Å². The molecule has 1 aliphatic heterocycles. The van der Waals surface area contributed by atoms with Crippen molar-refractivity contribution in [1.29, 1.82) is 0 Å². The number of carbonyl (C=O) groups is 2. The highest BCUT2D eigenvalue weighted by molar-refractivity contribution is 6.01. The minimum atomic E-state index is -0.625. The molecule has 0 aliphatic carbocycles. The summed E-state index contributed by atoms with van der Waals surface area (Å²) in [4.78, 5) is 26.7. The summed E-state index contributed by atoms with van der Waals surface area (Å²) in [6.45, 7) is 2.14. The van der Waals surface area contributed by atoms with E-state index in [4.69, 9.17) is 0 Å². The van der Waals surface area contributed by atoms with Crippen molar-refractivity contribution < 1.29 is 18.4 Å². The number of hydrogen-bond acceptors (Lipinski definition) is 2. The minimum absolute atomic E-state index is 0.220. The van der Waals surface area contributed by atoms with Crippen LogP contribution >= 0.6 is 0 Å². The normalized spacial score (nSPS) is 16.8. The van der Waals surface area contributed by atoms with Crippen molar-refractivity contribution in [3.63, 3.8) is 0 Å². The molecule has 0 saturated carbocycles. The zero-order valence-corrected chi connectivity index (χ0v) is 13.8. The molecule has 2 aromatic carbocycles. The zero-order valence-electron chi connectivity index (χ0n) is 13.8. The lowest BCUT2D eigenvalue weighted by atomic mass is 10.1. The third kappa shape index (κ3) is 3.68. The number of hydrogen-bond donors (Lipinski definition) is 1. The molecule has 1 fully saturated rings. The Kier molecular flexibility index (Phi) is 4.79. The first-order valence-electron chi connectivity index (χ1n) is 8.09. The highest BCUT2D eigenvalue weighted by Crippen LogP contribution is 2.23. The van der Waals surface area contributed by atoms with Gasteiger partial charge in [-0.25, -0.2) is 8.78 Å². The summed E-state index contributed by atoms with van der Waals surface area (Å²) < 4.78 is 26.5. The van der Waals surface area contributed by atoms with E-state index in [-0.39, 0.29) is 23.2 Å². The molecule has 3 rings (SSSR count). The molecule has 4 nitrogen and oxygen atoms in total. The van der Waals surface area contributed by atoms with Gasteiger partial charge in [-0.05, 0) is 61.7 Å². The number of nitrogens with one attached hydrogen (secondary N) is 1. The number of likely N-dealkylation sites (tertiary alicyclic amines) is 1. The van der Waals surface area contributed by atoms with Gasteiger partial charge in [-0.1, -0.05) is 6.07 Å². The smallest absolute Gasteiger partial charge is 0.254 e. The van der Waals surface area contributed by atoms with Crippen LogP contribution in [0.3, 0.4) is 0 Å². The largest absolute Gasteiger partial charge is 0.327 e. The average molecular weight is 344 g/mol. The van der Waals surface area contributed by atoms with Crippen LogP contribution in [-0.4, -0.2) is 29.3 Å². The lowest BCUT2D eigenvalue weighted by Crippen LogP contribution is -2.43. The summed E-state index contributed by atoms with van der Waals surface area (Å²) in [6, 6.07) is 8.91. The van der Waals surface area contributed by atoms with Gasteiger partial charge in [-0.3, -0.25) is 9.59 Å². The number of anilines is 1. The fourth-order valence-electron chi connectivity index (χ4n) is 3.05. The van der Waals surface area contributed by atoms with Crippen molar-refractivity contribution in [2.24, 2.45) is 0 Å². The summed E-state index contributed by atoms with van der Waals surface area (Å²) in [5.74, 6) is -1.56. The fraction of sp³-hybridized carbons (Fsp3) is 0.263. The van der Waals surface area contributed by atoms with Gasteiger partial charge in [0.1, 0.15) is 17.7 Å². The van der Waals surface area contributed by atoms with Gasteiger partial charge in [0, 0.05) is 17.8 Å². The van der Waals surface area contributed by atoms with Crippen LogP contribution in [0, 0.1) is 18.6 Å². The highest BCUT2D eigenvalue weighted by Gasteiger charge is 2.34. The van der Waals surface area contributed by atoms with E-state index in [0.717, 1.165) is 0 Å². The van der Waals surface area contributed by atoms with Crippen molar-refractivity contribution in [1.82, 2.24) is 4.90 Å². The second-order valence-corrected chi connectivity index (χ2v) is 6.12. The van der Waals surface area contributed by atoms with E-state index in [9.17, 15) is 18.4 Å². The molecule has 2 aromatic rings. The molecular weight excluding hydrogens is 326 g/mol. The predicted molar refractivity (Wildman–Crippen MR) is 90.2 cm³/mol. The second-order valence-electron chi connectivity index (χ2n) is 6.12. The third-order valence-corrected chi connectivity index (χ3v) is 4.33. The molecule has 0 spiro atoms. The number of aryl methyl sites for hydroxylation is 1. The van der Waals surface area contributed by atoms with Gasteiger partial charge in [0.2, 0.25) is 5.91 Å². The maximum atomic E-state index is 13.4. The summed E-state index contributed by atoms with van der Waals surface area (Å²) in [5.41, 5.74) is 1.34. The average Bonchev–Trinajstić information content (AvgIpc) is 3.06. The van der Waals surface area contributed by atoms with Crippen LogP contribution in [0.2, 0.25) is 0 Å². The zero-order chi connectivity index (χ0) is 18.0. The SMILES string of the molecule is Cc1cc(F)ccc1NC(=O)[C@H]1CCCN1C(=O)c1cccc(F)c1. The van der Waals surface area contributed by atoms with E-state index in [0.29, 0.717) is 30.6 Å². The lowest BCUT2D eigenvalue weighted by Gasteiger charge is -2.24. The van der Waals surface area contributed by atoms with Crippen molar-refractivity contribution in [2.75, 3.05) is 11.9 Å². The minimum Gasteiger partial charge on any atom is -0.327 e. The number of rotatable bonds is 3. The van der Waals surface area contributed by atoms with Crippen LogP contribution in [0.1, 0.15) is 28.8 Å². The van der Waals surface area contributed by atoms with Gasteiger partial charge in [-0.2, -0.15) is 0 Å². The van der Waals surface area contributed by atoms with Crippen LogP contribution in [0.5, 0.6) is 0 Å². The van der Waals surface area contributed by atoms with E-state index in [1.807, 2.05) is 0 Å². The molecule has 1 aliphatic rings. The Hall–Kier alpha value is -2.76. The molecule has 1 saturated heterocycles. The first-order valence-corrected chi connectivity index (χ1v) is 8.09. The van der Waals surface area contributed by atoms with Gasteiger partial charge in [0.25, 0.3) is 5.91 Å². The first kappa shape index (κ1) is 17.1. The summed E-state index contributed by atoms with van der Waals surface area (Å²) in [7, 11) is 0. The molecule has 0 radical (unpaired) electrons. The van der Waals surface area contributed by atoms with E-state index in [1.54, 1.807) is 6.92 Å². The quantitative estimate of drug-likeness (QED) is 0.926. The van der Waals surface area contributed by atoms with Crippen molar-refractivity contribution >= 4 is 17.5 Å². The van der Waals surface area contributed by atoms with E-state index in [2.05, 4.69) is 5.32 Å². The Balaban J connectivity index is 1.76. The molecule has 0 unspecified atom stereocenters. The predicted octanol–water partition coefficient (Wildman–Crippen LogP) is 3.52. The molecule has 1 atom stereocenters. The monoisotopic (exact) mass is 344 g/mol. The Morgan fingerprint density at radius 1 is 1.12 bits per heavy atom. The number of amides is 2. The summed E-state index contributed by atoms with van der Waals surface area (Å²) in [5, 5.41) is 2.75. The molecule has 25 heavy (non-hydrogen) atoms. The number of benzene rings is 2. The Bertz CT molecular complexity index is 823. The maximum Gasteiger partial charge on any atom is 0.254 e. The van der Waals surface area contributed by atoms with Crippen LogP contribution in [0.4, 0.5) is 14.5 Å². The second kappa shape index (κ2) is 7.01. The van der Waals surface area contributed by atoms with E-state index >= 15 is 0 Å². The number of nitrogens with zero attached hydrogens (tertiary/aromatic N) is 1. The lowest BCUT2D eigenvalue weighted by molar-refractivity contribution is -0.119. The molecule has 1 N–H and O–H groups in total. The number of carbonyl (C=O) groups excluding carboxylic acids is 2. The van der Waals surface area contributed by atoms with Gasteiger partial charge in [0.05, 0.1) is 0 Å². The van der Waals surface area contributed by atoms with Crippen LogP contribution < -0.4 is 5.32 Å². The maximum absolute atomic E-state index is 13.4. The Labute approximate surface area is 144 Å². The molecular formula is C19H18F2N2O2. The standard InChI is InChI=1S/C19H18F2N2O2/c1-12-10-15(21)7-8-16(12)22-18(24)17-6-3-9-23(17)19(25)13-4-2-5-14(20)11-13/h2,4-5,7-8,10-11,17H,3,6,9H2,1H3,(H,22,24)/t17-/m1/s1. The fourth-order valence-corrected chi connectivity index (χ4v) is 3.05. The Morgan fingerprint density at radius 2 is 1.88 bits per heavy atom. The van der Waals surface area contributed by atoms with Gasteiger partial charge >= 0.3 is 0 Å². The van der Waals surface area contributed by atoms with Crippen LogP contribution in [-0.2, 0) is 4.79 Å². The number of halogens is 2. The van der Waals surface area contributed by atoms with Crippen molar-refractivity contribution in [3.05, 3.63) is 65.2 Å². The topological polar surface area (TPSA) is 49.4 Å². The van der Waals surface area contributed by atoms with Gasteiger partial charge < -0.3 is 10.2 Å². The molecule has 0 aromatic heterocycles. The molecule has 1 heterocycles. The van der Waals surface area contributed by atoms with Crippen LogP contribution in [0.25, 0.3) is 0 Å². The molecule has 6 heteroatoms. The molecule has 2 amide bonds.